The standard InChI is InChI=1S/C20H32/c1-14-13-20-10-6-15(14)12-17(20)19(4)9-5-8-18(2,3)16(19)7-11-20/h15-17H,1,5-13H2,2-4H3/t15-,16+,17-,19+,20-/m0/s1. The predicted molar refractivity (Wildman–Crippen MR) is 85.5 cm³/mol. The van der Waals surface area contributed by atoms with Crippen molar-refractivity contribution in [2.24, 2.45) is 34.0 Å². The first-order valence-corrected chi connectivity index (χ1v) is 9.05. The molecule has 2 bridgehead atoms. The molecule has 5 aliphatic carbocycles. The van der Waals surface area contributed by atoms with E-state index >= 15 is 0 Å². The van der Waals surface area contributed by atoms with Gasteiger partial charge in [0, 0.05) is 0 Å². The van der Waals surface area contributed by atoms with E-state index in [1.165, 1.54) is 57.8 Å². The lowest BCUT2D eigenvalue weighted by atomic mass is 9.37. The van der Waals surface area contributed by atoms with Crippen LogP contribution in [0.1, 0.15) is 78.6 Å². The van der Waals surface area contributed by atoms with Crippen molar-refractivity contribution in [1.29, 1.82) is 0 Å². The van der Waals surface area contributed by atoms with Crippen molar-refractivity contribution >= 4 is 0 Å². The van der Waals surface area contributed by atoms with Gasteiger partial charge in [-0.3, -0.25) is 0 Å². The SMILES string of the molecule is C=C1C[C@@]23CC[C@H]1C[C@H]2[C@]1(C)CCCC(C)(C)[C@H]1CC3. The summed E-state index contributed by atoms with van der Waals surface area (Å²) in [4.78, 5) is 0. The van der Waals surface area contributed by atoms with Crippen LogP contribution in [0.3, 0.4) is 0 Å². The molecule has 0 aliphatic heterocycles. The van der Waals surface area contributed by atoms with Gasteiger partial charge in [-0.15, -0.1) is 0 Å². The topological polar surface area (TPSA) is 0 Å². The number of allylic oxidation sites excluding steroid dienone is 1. The molecule has 0 radical (unpaired) electrons. The zero-order valence-corrected chi connectivity index (χ0v) is 13.8. The molecule has 20 heavy (non-hydrogen) atoms. The first kappa shape index (κ1) is 13.4. The summed E-state index contributed by atoms with van der Waals surface area (Å²) in [6, 6.07) is 0. The number of hydrogen-bond acceptors (Lipinski definition) is 0. The molecular weight excluding hydrogens is 240 g/mol. The van der Waals surface area contributed by atoms with Gasteiger partial charge in [0.05, 0.1) is 0 Å². The summed E-state index contributed by atoms with van der Waals surface area (Å²) in [5.41, 5.74) is 3.51. The van der Waals surface area contributed by atoms with Gasteiger partial charge in [0.25, 0.3) is 0 Å². The third kappa shape index (κ3) is 1.54. The van der Waals surface area contributed by atoms with Crippen molar-refractivity contribution in [1.82, 2.24) is 0 Å². The molecule has 0 saturated heterocycles. The fourth-order valence-corrected chi connectivity index (χ4v) is 7.56. The number of hydrogen-bond donors (Lipinski definition) is 0. The molecule has 5 saturated carbocycles. The van der Waals surface area contributed by atoms with E-state index in [-0.39, 0.29) is 0 Å². The van der Waals surface area contributed by atoms with Crippen LogP contribution in [0, 0.1) is 34.0 Å². The summed E-state index contributed by atoms with van der Waals surface area (Å²) < 4.78 is 0. The van der Waals surface area contributed by atoms with Crippen molar-refractivity contribution in [3.05, 3.63) is 12.2 Å². The van der Waals surface area contributed by atoms with Crippen LogP contribution in [-0.4, -0.2) is 0 Å². The predicted octanol–water partition coefficient (Wildman–Crippen LogP) is 5.98. The molecular formula is C20H32. The maximum atomic E-state index is 4.44. The van der Waals surface area contributed by atoms with E-state index in [2.05, 4.69) is 27.4 Å². The summed E-state index contributed by atoms with van der Waals surface area (Å²) in [5.74, 6) is 2.87. The molecule has 0 N–H and O–H groups in total. The molecule has 0 nitrogen and oxygen atoms in total. The van der Waals surface area contributed by atoms with Crippen LogP contribution in [0.15, 0.2) is 12.2 Å². The molecule has 5 atom stereocenters. The Morgan fingerprint density at radius 3 is 2.45 bits per heavy atom. The quantitative estimate of drug-likeness (QED) is 0.476. The highest BCUT2D eigenvalue weighted by Crippen LogP contribution is 2.71. The molecule has 112 valence electrons. The normalized spacial score (nSPS) is 53.4. The zero-order valence-electron chi connectivity index (χ0n) is 13.8. The second-order valence-electron chi connectivity index (χ2n) is 9.66. The van der Waals surface area contributed by atoms with Gasteiger partial charge in [0.2, 0.25) is 0 Å². The van der Waals surface area contributed by atoms with Crippen molar-refractivity contribution in [2.75, 3.05) is 0 Å². The van der Waals surface area contributed by atoms with E-state index in [0.29, 0.717) is 16.2 Å². The molecule has 0 heterocycles. The second kappa shape index (κ2) is 3.93. The summed E-state index contributed by atoms with van der Waals surface area (Å²) in [6.07, 6.45) is 13.3. The summed E-state index contributed by atoms with van der Waals surface area (Å²) in [6.45, 7) is 12.3. The highest BCUT2D eigenvalue weighted by atomic mass is 14.7. The van der Waals surface area contributed by atoms with Crippen molar-refractivity contribution in [2.45, 2.75) is 78.6 Å². The minimum absolute atomic E-state index is 0.586. The van der Waals surface area contributed by atoms with Crippen molar-refractivity contribution in [3.63, 3.8) is 0 Å². The Balaban J connectivity index is 1.75. The third-order valence-electron chi connectivity index (χ3n) is 8.41. The van der Waals surface area contributed by atoms with Crippen LogP contribution in [0.4, 0.5) is 0 Å². The van der Waals surface area contributed by atoms with Gasteiger partial charge >= 0.3 is 0 Å². The van der Waals surface area contributed by atoms with Gasteiger partial charge in [-0.25, -0.2) is 0 Å². The van der Waals surface area contributed by atoms with Crippen molar-refractivity contribution < 1.29 is 0 Å². The van der Waals surface area contributed by atoms with Gasteiger partial charge in [-0.1, -0.05) is 39.3 Å². The highest BCUT2D eigenvalue weighted by Gasteiger charge is 2.62. The Kier molecular flexibility index (Phi) is 2.63. The maximum absolute atomic E-state index is 4.44. The molecule has 5 fully saturated rings. The van der Waals surface area contributed by atoms with Gasteiger partial charge < -0.3 is 0 Å². The molecule has 0 amide bonds. The largest absolute Gasteiger partial charge is 0.0996 e. The lowest BCUT2D eigenvalue weighted by molar-refractivity contribution is -0.167. The van der Waals surface area contributed by atoms with E-state index in [1.807, 2.05) is 0 Å². The Labute approximate surface area is 125 Å². The highest BCUT2D eigenvalue weighted by molar-refractivity contribution is 5.21. The Hall–Kier alpha value is -0.260. The van der Waals surface area contributed by atoms with E-state index in [9.17, 15) is 0 Å². The average Bonchev–Trinajstić information content (AvgIpc) is 2.37. The summed E-state index contributed by atoms with van der Waals surface area (Å²) in [7, 11) is 0. The molecule has 0 aromatic carbocycles. The first-order chi connectivity index (χ1) is 9.37. The molecule has 5 rings (SSSR count). The van der Waals surface area contributed by atoms with Crippen LogP contribution in [0.2, 0.25) is 0 Å². The summed E-state index contributed by atoms with van der Waals surface area (Å²) in [5, 5.41) is 0. The van der Waals surface area contributed by atoms with Crippen molar-refractivity contribution in [3.8, 4) is 0 Å². The monoisotopic (exact) mass is 272 g/mol. The molecule has 5 aliphatic rings. The van der Waals surface area contributed by atoms with Crippen LogP contribution in [0.5, 0.6) is 0 Å². The van der Waals surface area contributed by atoms with Gasteiger partial charge in [-0.05, 0) is 85.4 Å². The molecule has 0 aromatic rings. The average molecular weight is 272 g/mol. The maximum Gasteiger partial charge on any atom is -0.0202 e. The smallest absolute Gasteiger partial charge is 0.0202 e. The minimum atomic E-state index is 0.586. The lowest BCUT2D eigenvalue weighted by Crippen LogP contribution is -2.59. The van der Waals surface area contributed by atoms with E-state index < -0.39 is 0 Å². The van der Waals surface area contributed by atoms with Crippen LogP contribution in [0.25, 0.3) is 0 Å². The van der Waals surface area contributed by atoms with Crippen LogP contribution in [-0.2, 0) is 0 Å². The van der Waals surface area contributed by atoms with Gasteiger partial charge in [-0.2, -0.15) is 0 Å². The second-order valence-corrected chi connectivity index (χ2v) is 9.66. The zero-order chi connectivity index (χ0) is 14.2. The molecule has 0 heteroatoms. The van der Waals surface area contributed by atoms with Crippen LogP contribution < -0.4 is 0 Å². The van der Waals surface area contributed by atoms with E-state index in [4.69, 9.17) is 0 Å². The Morgan fingerprint density at radius 2 is 1.70 bits per heavy atom. The van der Waals surface area contributed by atoms with E-state index in [0.717, 1.165) is 17.8 Å². The van der Waals surface area contributed by atoms with Gasteiger partial charge in [0.1, 0.15) is 0 Å². The Morgan fingerprint density at radius 1 is 0.950 bits per heavy atom. The summed E-state index contributed by atoms with van der Waals surface area (Å²) >= 11 is 0. The lowest BCUT2D eigenvalue weighted by Gasteiger charge is -2.68. The first-order valence-electron chi connectivity index (χ1n) is 9.05. The number of rotatable bonds is 0. The van der Waals surface area contributed by atoms with Crippen LogP contribution >= 0.6 is 0 Å². The minimum Gasteiger partial charge on any atom is -0.0996 e. The third-order valence-corrected chi connectivity index (χ3v) is 8.41. The van der Waals surface area contributed by atoms with E-state index in [1.54, 1.807) is 5.57 Å². The fraction of sp³-hybridized carbons (Fsp3) is 0.900. The Bertz CT molecular complexity index is 445. The number of fused-ring (bicyclic) bond motifs is 3. The molecule has 1 spiro atoms. The molecule has 0 aromatic heterocycles. The molecule has 0 unspecified atom stereocenters. The van der Waals surface area contributed by atoms with Gasteiger partial charge in [0.15, 0.2) is 0 Å². The fourth-order valence-electron chi connectivity index (χ4n) is 7.56.